The third kappa shape index (κ3) is 3.65. The monoisotopic (exact) mass is 413 g/mol. The number of pyridine rings is 1. The number of carbonyl (C=O) groups excluding carboxylic acids is 1. The molecule has 0 aliphatic carbocycles. The standard InChI is InChI=1S/C23H19N5O3/c1-14-10-20(26-21-18(14)8-5-9-19(21)31-3)28-22(16(12-24)13-25-28)27-23(29)15-6-4-7-17(11-15)30-2/h4-11,13H,1-3H3,(H,27,29). The van der Waals surface area contributed by atoms with Gasteiger partial charge in [0.15, 0.2) is 11.6 Å². The Kier molecular flexibility index (Phi) is 5.24. The van der Waals surface area contributed by atoms with E-state index < -0.39 is 5.91 Å². The Morgan fingerprint density at radius 1 is 1.13 bits per heavy atom. The molecule has 154 valence electrons. The fourth-order valence-electron chi connectivity index (χ4n) is 3.32. The van der Waals surface area contributed by atoms with E-state index in [-0.39, 0.29) is 11.4 Å². The molecule has 1 N–H and O–H groups in total. The van der Waals surface area contributed by atoms with Crippen molar-refractivity contribution >= 4 is 22.6 Å². The molecule has 0 aliphatic rings. The second kappa shape index (κ2) is 8.16. The molecule has 4 rings (SSSR count). The van der Waals surface area contributed by atoms with Gasteiger partial charge in [-0.05, 0) is 42.8 Å². The smallest absolute Gasteiger partial charge is 0.256 e. The van der Waals surface area contributed by atoms with Crippen LogP contribution in [0.15, 0.2) is 54.7 Å². The molecule has 0 saturated carbocycles. The number of nitrogens with one attached hydrogen (secondary N) is 1. The summed E-state index contributed by atoms with van der Waals surface area (Å²) in [6.07, 6.45) is 1.39. The summed E-state index contributed by atoms with van der Waals surface area (Å²) in [6, 6.07) is 16.3. The average molecular weight is 413 g/mol. The molecule has 0 bridgehead atoms. The van der Waals surface area contributed by atoms with E-state index in [2.05, 4.69) is 21.5 Å². The minimum Gasteiger partial charge on any atom is -0.497 e. The largest absolute Gasteiger partial charge is 0.497 e. The maximum absolute atomic E-state index is 12.9. The van der Waals surface area contributed by atoms with Crippen LogP contribution in [0.2, 0.25) is 0 Å². The normalized spacial score (nSPS) is 10.5. The third-order valence-corrected chi connectivity index (χ3v) is 4.89. The number of benzene rings is 2. The topological polar surface area (TPSA) is 102 Å². The van der Waals surface area contributed by atoms with Crippen LogP contribution in [0.5, 0.6) is 11.5 Å². The number of carbonyl (C=O) groups is 1. The van der Waals surface area contributed by atoms with Crippen molar-refractivity contribution in [2.24, 2.45) is 0 Å². The molecule has 8 nitrogen and oxygen atoms in total. The summed E-state index contributed by atoms with van der Waals surface area (Å²) in [7, 11) is 3.11. The van der Waals surface area contributed by atoms with Crippen LogP contribution in [0.1, 0.15) is 21.5 Å². The lowest BCUT2D eigenvalue weighted by Crippen LogP contribution is -2.16. The fraction of sp³-hybridized carbons (Fsp3) is 0.130. The number of amides is 1. The van der Waals surface area contributed by atoms with E-state index in [1.807, 2.05) is 31.2 Å². The van der Waals surface area contributed by atoms with Gasteiger partial charge in [-0.1, -0.05) is 18.2 Å². The minimum absolute atomic E-state index is 0.218. The highest BCUT2D eigenvalue weighted by Gasteiger charge is 2.19. The van der Waals surface area contributed by atoms with Crippen molar-refractivity contribution < 1.29 is 14.3 Å². The van der Waals surface area contributed by atoms with Crippen molar-refractivity contribution in [3.05, 3.63) is 71.4 Å². The first-order valence-electron chi connectivity index (χ1n) is 9.44. The van der Waals surface area contributed by atoms with Gasteiger partial charge in [0.05, 0.1) is 20.4 Å². The molecule has 0 unspecified atom stereocenters. The van der Waals surface area contributed by atoms with E-state index in [4.69, 9.17) is 9.47 Å². The van der Waals surface area contributed by atoms with E-state index in [9.17, 15) is 10.1 Å². The number of ether oxygens (including phenoxy) is 2. The quantitative estimate of drug-likeness (QED) is 0.533. The number of fused-ring (bicyclic) bond motifs is 1. The lowest BCUT2D eigenvalue weighted by atomic mass is 10.1. The van der Waals surface area contributed by atoms with Crippen LogP contribution in [0.25, 0.3) is 16.7 Å². The van der Waals surface area contributed by atoms with Crippen LogP contribution in [-0.2, 0) is 0 Å². The lowest BCUT2D eigenvalue weighted by Gasteiger charge is -2.13. The Morgan fingerprint density at radius 3 is 2.68 bits per heavy atom. The van der Waals surface area contributed by atoms with E-state index in [0.29, 0.717) is 28.4 Å². The first-order chi connectivity index (χ1) is 15.0. The van der Waals surface area contributed by atoms with Gasteiger partial charge in [-0.25, -0.2) is 4.98 Å². The van der Waals surface area contributed by atoms with Gasteiger partial charge in [-0.2, -0.15) is 15.0 Å². The van der Waals surface area contributed by atoms with Crippen LogP contribution >= 0.6 is 0 Å². The van der Waals surface area contributed by atoms with Crippen LogP contribution in [0.4, 0.5) is 5.82 Å². The predicted molar refractivity (Wildman–Crippen MR) is 116 cm³/mol. The van der Waals surface area contributed by atoms with Crippen LogP contribution in [0, 0.1) is 18.3 Å². The van der Waals surface area contributed by atoms with Crippen molar-refractivity contribution in [3.63, 3.8) is 0 Å². The zero-order chi connectivity index (χ0) is 22.0. The summed E-state index contributed by atoms with van der Waals surface area (Å²) < 4.78 is 12.1. The molecule has 8 heteroatoms. The summed E-state index contributed by atoms with van der Waals surface area (Å²) in [5.74, 6) is 1.47. The number of nitriles is 1. The van der Waals surface area contributed by atoms with Crippen LogP contribution in [0.3, 0.4) is 0 Å². The van der Waals surface area contributed by atoms with Gasteiger partial charge in [0.1, 0.15) is 28.6 Å². The van der Waals surface area contributed by atoms with Crippen LogP contribution in [-0.4, -0.2) is 34.9 Å². The lowest BCUT2D eigenvalue weighted by molar-refractivity contribution is 0.102. The summed E-state index contributed by atoms with van der Waals surface area (Å²) in [4.78, 5) is 17.5. The summed E-state index contributed by atoms with van der Waals surface area (Å²) in [6.45, 7) is 1.95. The molecule has 0 aliphatic heterocycles. The van der Waals surface area contributed by atoms with Crippen LogP contribution < -0.4 is 14.8 Å². The van der Waals surface area contributed by atoms with Crippen molar-refractivity contribution in [2.75, 3.05) is 19.5 Å². The minimum atomic E-state index is -0.396. The molecule has 0 spiro atoms. The van der Waals surface area contributed by atoms with Gasteiger partial charge in [0, 0.05) is 10.9 Å². The summed E-state index contributed by atoms with van der Waals surface area (Å²) in [5.41, 5.74) is 2.23. The number of para-hydroxylation sites is 1. The van der Waals surface area contributed by atoms with Gasteiger partial charge in [0.25, 0.3) is 5.91 Å². The molecular formula is C23H19N5O3. The maximum Gasteiger partial charge on any atom is 0.256 e. The number of anilines is 1. The van der Waals surface area contributed by atoms with Crippen molar-refractivity contribution in [1.82, 2.24) is 14.8 Å². The molecule has 2 aromatic carbocycles. The van der Waals surface area contributed by atoms with E-state index >= 15 is 0 Å². The number of aromatic nitrogens is 3. The molecule has 31 heavy (non-hydrogen) atoms. The fourth-order valence-corrected chi connectivity index (χ4v) is 3.32. The van der Waals surface area contributed by atoms with Gasteiger partial charge in [-0.3, -0.25) is 4.79 Å². The Labute approximate surface area is 178 Å². The highest BCUT2D eigenvalue weighted by atomic mass is 16.5. The molecule has 0 radical (unpaired) electrons. The molecule has 0 atom stereocenters. The SMILES string of the molecule is COc1cccc(C(=O)Nc2c(C#N)cnn2-c2cc(C)c3cccc(OC)c3n2)c1. The number of hydrogen-bond acceptors (Lipinski definition) is 6. The zero-order valence-corrected chi connectivity index (χ0v) is 17.2. The molecule has 0 saturated heterocycles. The molecular weight excluding hydrogens is 394 g/mol. The third-order valence-electron chi connectivity index (χ3n) is 4.89. The molecule has 2 aromatic heterocycles. The molecule has 0 fully saturated rings. The maximum atomic E-state index is 12.9. The highest BCUT2D eigenvalue weighted by molar-refractivity contribution is 6.04. The summed E-state index contributed by atoms with van der Waals surface area (Å²) >= 11 is 0. The summed E-state index contributed by atoms with van der Waals surface area (Å²) in [5, 5.41) is 17.6. The zero-order valence-electron chi connectivity index (χ0n) is 17.2. The Balaban J connectivity index is 1.80. The van der Waals surface area contributed by atoms with Crippen molar-refractivity contribution in [2.45, 2.75) is 6.92 Å². The second-order valence-electron chi connectivity index (χ2n) is 6.77. The number of aryl methyl sites for hydroxylation is 1. The highest BCUT2D eigenvalue weighted by Crippen LogP contribution is 2.29. The first kappa shape index (κ1) is 19.9. The number of methoxy groups -OCH3 is 2. The molecule has 2 heterocycles. The molecule has 1 amide bonds. The van der Waals surface area contributed by atoms with Gasteiger partial charge < -0.3 is 14.8 Å². The predicted octanol–water partition coefficient (Wildman–Crippen LogP) is 3.87. The molecule has 4 aromatic rings. The van der Waals surface area contributed by atoms with Gasteiger partial charge >= 0.3 is 0 Å². The van der Waals surface area contributed by atoms with Crippen molar-refractivity contribution in [3.8, 4) is 23.4 Å². The number of rotatable bonds is 5. The number of hydrogen-bond donors (Lipinski definition) is 1. The van der Waals surface area contributed by atoms with Gasteiger partial charge in [0.2, 0.25) is 0 Å². The van der Waals surface area contributed by atoms with Gasteiger partial charge in [-0.15, -0.1) is 0 Å². The Bertz CT molecular complexity index is 1340. The second-order valence-corrected chi connectivity index (χ2v) is 6.77. The van der Waals surface area contributed by atoms with E-state index in [1.54, 1.807) is 31.4 Å². The van der Waals surface area contributed by atoms with Crippen molar-refractivity contribution in [1.29, 1.82) is 5.26 Å². The average Bonchev–Trinajstić information content (AvgIpc) is 3.21. The Hall–Kier alpha value is -4.38. The van der Waals surface area contributed by atoms with E-state index in [1.165, 1.54) is 18.0 Å². The first-order valence-corrected chi connectivity index (χ1v) is 9.44. The number of nitrogens with zero attached hydrogens (tertiary/aromatic N) is 4. The Morgan fingerprint density at radius 2 is 1.94 bits per heavy atom. The van der Waals surface area contributed by atoms with E-state index in [0.717, 1.165) is 10.9 Å².